The Labute approximate surface area is 173 Å². The molecule has 29 heavy (non-hydrogen) atoms. The van der Waals surface area contributed by atoms with Crippen molar-refractivity contribution in [1.82, 2.24) is 25.5 Å². The third kappa shape index (κ3) is 5.81. The van der Waals surface area contributed by atoms with Gasteiger partial charge in [0, 0.05) is 56.6 Å². The molecule has 0 bridgehead atoms. The number of anilines is 1. The maximum absolute atomic E-state index is 12.5. The van der Waals surface area contributed by atoms with Crippen molar-refractivity contribution < 1.29 is 9.59 Å². The molecule has 0 aromatic carbocycles. The fraction of sp³-hybridized carbons (Fsp3) is 0.714. The molecule has 0 spiro atoms. The summed E-state index contributed by atoms with van der Waals surface area (Å²) in [7, 11) is 0. The van der Waals surface area contributed by atoms with Crippen molar-refractivity contribution in [2.45, 2.75) is 64.5 Å². The van der Waals surface area contributed by atoms with E-state index in [-0.39, 0.29) is 29.9 Å². The number of nitrogens with zero attached hydrogens (tertiary/aromatic N) is 4. The van der Waals surface area contributed by atoms with Crippen molar-refractivity contribution in [1.29, 1.82) is 0 Å². The van der Waals surface area contributed by atoms with Crippen LogP contribution in [0.25, 0.3) is 0 Å². The third-order valence-electron chi connectivity index (χ3n) is 6.14. The van der Waals surface area contributed by atoms with Crippen molar-refractivity contribution >= 4 is 17.9 Å². The molecule has 2 aliphatic rings. The lowest BCUT2D eigenvalue weighted by molar-refractivity contribution is -0.136. The van der Waals surface area contributed by atoms with Crippen LogP contribution >= 0.6 is 0 Å². The summed E-state index contributed by atoms with van der Waals surface area (Å²) < 4.78 is 0. The Balaban J connectivity index is 1.36. The van der Waals surface area contributed by atoms with Crippen LogP contribution in [0.5, 0.6) is 0 Å². The second-order valence-corrected chi connectivity index (χ2v) is 8.04. The summed E-state index contributed by atoms with van der Waals surface area (Å²) in [6, 6.07) is 2.03. The second kappa shape index (κ2) is 10.4. The van der Waals surface area contributed by atoms with Crippen molar-refractivity contribution in [3.8, 4) is 0 Å². The predicted molar refractivity (Wildman–Crippen MR) is 113 cm³/mol. The highest BCUT2D eigenvalue weighted by Gasteiger charge is 2.28. The van der Waals surface area contributed by atoms with Gasteiger partial charge in [0.1, 0.15) is 0 Å². The smallest absolute Gasteiger partial charge is 0.315 e. The van der Waals surface area contributed by atoms with Crippen LogP contribution in [0.2, 0.25) is 0 Å². The number of hydrogen-bond acceptors (Lipinski definition) is 5. The van der Waals surface area contributed by atoms with Crippen LogP contribution in [0.1, 0.15) is 52.4 Å². The highest BCUT2D eigenvalue weighted by atomic mass is 16.2. The first-order valence-electron chi connectivity index (χ1n) is 11.0. The largest absolute Gasteiger partial charge is 0.342 e. The van der Waals surface area contributed by atoms with Gasteiger partial charge in [0.2, 0.25) is 11.9 Å². The number of aromatic nitrogens is 2. The van der Waals surface area contributed by atoms with Gasteiger partial charge in [-0.05, 0) is 44.6 Å². The summed E-state index contributed by atoms with van der Waals surface area (Å²) in [6.45, 7) is 7.28. The molecule has 1 aromatic heterocycles. The molecule has 8 nitrogen and oxygen atoms in total. The van der Waals surface area contributed by atoms with Crippen LogP contribution in [0, 0.1) is 5.92 Å². The molecule has 2 fully saturated rings. The SMILES string of the molecule is CCC(CC)C(=O)N1CCC(NC(=O)NC2CCN(c3ncccn3)CC2)CC1. The fourth-order valence-corrected chi connectivity index (χ4v) is 4.23. The molecule has 0 saturated carbocycles. The molecule has 2 aliphatic heterocycles. The minimum Gasteiger partial charge on any atom is -0.342 e. The molecule has 160 valence electrons. The van der Waals surface area contributed by atoms with Crippen molar-refractivity contribution in [2.75, 3.05) is 31.1 Å². The molecular weight excluding hydrogens is 368 g/mol. The average Bonchev–Trinajstić information content (AvgIpc) is 2.76. The maximum atomic E-state index is 12.5. The topological polar surface area (TPSA) is 90.5 Å². The van der Waals surface area contributed by atoms with E-state index in [1.807, 2.05) is 11.0 Å². The van der Waals surface area contributed by atoms with E-state index in [1.165, 1.54) is 0 Å². The van der Waals surface area contributed by atoms with Gasteiger partial charge in [-0.25, -0.2) is 14.8 Å². The average molecular weight is 403 g/mol. The molecule has 2 saturated heterocycles. The zero-order chi connectivity index (χ0) is 20.6. The molecule has 0 aliphatic carbocycles. The van der Waals surface area contributed by atoms with Crippen LogP contribution in [0.3, 0.4) is 0 Å². The van der Waals surface area contributed by atoms with Gasteiger partial charge in [0.15, 0.2) is 0 Å². The van der Waals surface area contributed by atoms with Gasteiger partial charge in [-0.2, -0.15) is 0 Å². The predicted octanol–water partition coefficient (Wildman–Crippen LogP) is 2.17. The second-order valence-electron chi connectivity index (χ2n) is 8.04. The van der Waals surface area contributed by atoms with Gasteiger partial charge in [0.05, 0.1) is 0 Å². The molecule has 2 N–H and O–H groups in total. The number of piperidine rings is 2. The van der Waals surface area contributed by atoms with Crippen LogP contribution in [0.4, 0.5) is 10.7 Å². The Morgan fingerprint density at radius 1 is 0.966 bits per heavy atom. The molecule has 3 rings (SSSR count). The summed E-state index contributed by atoms with van der Waals surface area (Å²) in [6.07, 6.45) is 8.71. The molecule has 3 amide bonds. The summed E-state index contributed by atoms with van der Waals surface area (Å²) >= 11 is 0. The molecule has 1 aromatic rings. The summed E-state index contributed by atoms with van der Waals surface area (Å²) in [5.41, 5.74) is 0. The van der Waals surface area contributed by atoms with Crippen LogP contribution < -0.4 is 15.5 Å². The van der Waals surface area contributed by atoms with E-state index in [1.54, 1.807) is 12.4 Å². The molecular formula is C21H34N6O2. The zero-order valence-electron chi connectivity index (χ0n) is 17.6. The Kier molecular flexibility index (Phi) is 7.66. The van der Waals surface area contributed by atoms with E-state index in [0.29, 0.717) is 0 Å². The zero-order valence-corrected chi connectivity index (χ0v) is 17.6. The van der Waals surface area contributed by atoms with Gasteiger partial charge in [0.25, 0.3) is 0 Å². The molecule has 0 radical (unpaired) electrons. The van der Waals surface area contributed by atoms with Crippen molar-refractivity contribution in [2.24, 2.45) is 5.92 Å². The Morgan fingerprint density at radius 3 is 2.00 bits per heavy atom. The van der Waals surface area contributed by atoms with Crippen LogP contribution in [0.15, 0.2) is 18.5 Å². The third-order valence-corrected chi connectivity index (χ3v) is 6.14. The van der Waals surface area contributed by atoms with Crippen molar-refractivity contribution in [3.05, 3.63) is 18.5 Å². The molecule has 3 heterocycles. The molecule has 0 unspecified atom stereocenters. The molecule has 0 atom stereocenters. The van der Waals surface area contributed by atoms with Gasteiger partial charge in [-0.15, -0.1) is 0 Å². The lowest BCUT2D eigenvalue weighted by Crippen LogP contribution is -2.53. The maximum Gasteiger partial charge on any atom is 0.315 e. The van der Waals surface area contributed by atoms with Gasteiger partial charge >= 0.3 is 6.03 Å². The lowest BCUT2D eigenvalue weighted by atomic mass is 9.98. The Morgan fingerprint density at radius 2 is 1.48 bits per heavy atom. The van der Waals surface area contributed by atoms with E-state index < -0.39 is 0 Å². The first-order chi connectivity index (χ1) is 14.1. The molecule has 8 heteroatoms. The number of carbonyl (C=O) groups is 2. The van der Waals surface area contributed by atoms with Crippen molar-refractivity contribution in [3.63, 3.8) is 0 Å². The van der Waals surface area contributed by atoms with E-state index in [0.717, 1.165) is 70.7 Å². The summed E-state index contributed by atoms with van der Waals surface area (Å²) in [5.74, 6) is 1.16. The van der Waals surface area contributed by atoms with E-state index in [9.17, 15) is 9.59 Å². The van der Waals surface area contributed by atoms with Gasteiger partial charge in [-0.1, -0.05) is 13.8 Å². The minimum atomic E-state index is -0.0934. The fourth-order valence-electron chi connectivity index (χ4n) is 4.23. The quantitative estimate of drug-likeness (QED) is 0.761. The van der Waals surface area contributed by atoms with Gasteiger partial charge in [-0.3, -0.25) is 4.79 Å². The highest BCUT2D eigenvalue weighted by molar-refractivity contribution is 5.79. The number of likely N-dealkylation sites (tertiary alicyclic amines) is 1. The summed E-state index contributed by atoms with van der Waals surface area (Å²) in [5, 5.41) is 6.21. The number of nitrogens with one attached hydrogen (secondary N) is 2. The Hall–Kier alpha value is -2.38. The lowest BCUT2D eigenvalue weighted by Gasteiger charge is -2.35. The minimum absolute atomic E-state index is 0.0934. The van der Waals surface area contributed by atoms with Gasteiger partial charge < -0.3 is 20.4 Å². The monoisotopic (exact) mass is 402 g/mol. The van der Waals surface area contributed by atoms with E-state index in [4.69, 9.17) is 0 Å². The number of urea groups is 1. The number of amides is 3. The van der Waals surface area contributed by atoms with E-state index in [2.05, 4.69) is 39.3 Å². The number of carbonyl (C=O) groups excluding carboxylic acids is 2. The van der Waals surface area contributed by atoms with Crippen LogP contribution in [-0.2, 0) is 4.79 Å². The number of hydrogen-bond donors (Lipinski definition) is 2. The summed E-state index contributed by atoms with van der Waals surface area (Å²) in [4.78, 5) is 37.6. The standard InChI is InChI=1S/C21H34N6O2/c1-3-16(4-2)19(28)26-12-6-17(7-13-26)24-21(29)25-18-8-14-27(15-9-18)20-22-10-5-11-23-20/h5,10-11,16-18H,3-4,6-9,12-15H2,1-2H3,(H2,24,25,29). The first-order valence-corrected chi connectivity index (χ1v) is 11.0. The number of rotatable bonds is 6. The first kappa shape index (κ1) is 21.3. The highest BCUT2D eigenvalue weighted by Crippen LogP contribution is 2.18. The normalized spacial score (nSPS) is 18.7. The Bertz CT molecular complexity index is 650. The van der Waals surface area contributed by atoms with E-state index >= 15 is 0 Å². The van der Waals surface area contributed by atoms with Crippen LogP contribution in [-0.4, -0.2) is 65.1 Å².